The first-order valence-corrected chi connectivity index (χ1v) is 4.47. The molecule has 0 atom stereocenters. The molecule has 1 aromatic rings. The van der Waals surface area contributed by atoms with Gasteiger partial charge in [0.05, 0.1) is 18.1 Å². The molecule has 3 nitrogen and oxygen atoms in total. The molecule has 0 amide bonds. The molecule has 0 bridgehead atoms. The topological polar surface area (TPSA) is 60.5 Å². The smallest absolute Gasteiger partial charge is 0.235 e. The third-order valence-corrected chi connectivity index (χ3v) is 2.02. The van der Waals surface area contributed by atoms with Crippen molar-refractivity contribution in [1.29, 1.82) is 10.5 Å². The van der Waals surface area contributed by atoms with Crippen LogP contribution < -0.4 is 0 Å². The highest BCUT2D eigenvalue weighted by molar-refractivity contribution is 5.40. The van der Waals surface area contributed by atoms with Gasteiger partial charge in [0.15, 0.2) is 5.69 Å². The molecule has 1 heterocycles. The van der Waals surface area contributed by atoms with Crippen LogP contribution in [0.25, 0.3) is 0 Å². The Labute approximate surface area is 98.1 Å². The fourth-order valence-corrected chi connectivity index (χ4v) is 1.29. The first-order chi connectivity index (χ1) is 8.31. The zero-order valence-electron chi connectivity index (χ0n) is 8.59. The first-order valence-electron chi connectivity index (χ1n) is 4.47. The lowest BCUT2D eigenvalue weighted by molar-refractivity contribution is -0.138. The van der Waals surface area contributed by atoms with Crippen molar-refractivity contribution >= 4 is 0 Å². The maximum atomic E-state index is 12.5. The van der Waals surface area contributed by atoms with E-state index in [1.165, 1.54) is 6.07 Å². The zero-order valence-corrected chi connectivity index (χ0v) is 8.59. The van der Waals surface area contributed by atoms with E-state index >= 15 is 0 Å². The van der Waals surface area contributed by atoms with Crippen LogP contribution in [-0.2, 0) is 12.6 Å². The zero-order chi connectivity index (χ0) is 13.9. The Kier molecular flexibility index (Phi) is 3.82. The Bertz CT molecular complexity index is 536. The number of hydrogen-bond donors (Lipinski definition) is 0. The lowest BCUT2D eigenvalue weighted by atomic mass is 10.1. The summed E-state index contributed by atoms with van der Waals surface area (Å²) in [5.41, 5.74) is -4.04. The van der Waals surface area contributed by atoms with Crippen LogP contribution in [0.1, 0.15) is 28.9 Å². The minimum atomic E-state index is -4.89. The number of alkyl halides is 5. The summed E-state index contributed by atoms with van der Waals surface area (Å²) >= 11 is 0. The number of nitriles is 2. The molecule has 0 N–H and O–H groups in total. The van der Waals surface area contributed by atoms with Gasteiger partial charge in [-0.2, -0.15) is 23.7 Å². The van der Waals surface area contributed by atoms with Crippen LogP contribution in [-0.4, -0.2) is 4.98 Å². The van der Waals surface area contributed by atoms with Crippen LogP contribution in [0.2, 0.25) is 0 Å². The monoisotopic (exact) mass is 261 g/mol. The van der Waals surface area contributed by atoms with Crippen LogP contribution in [0, 0.1) is 22.7 Å². The summed E-state index contributed by atoms with van der Waals surface area (Å²) in [6.45, 7) is 0. The summed E-state index contributed by atoms with van der Waals surface area (Å²) in [4.78, 5) is 2.99. The van der Waals surface area contributed by atoms with Crippen molar-refractivity contribution in [1.82, 2.24) is 4.98 Å². The number of nitrogens with zero attached hydrogens (tertiary/aromatic N) is 3. The fraction of sp³-hybridized carbons (Fsp3) is 0.300. The number of rotatable bonds is 2. The molecule has 94 valence electrons. The molecule has 0 aromatic carbocycles. The molecule has 0 aliphatic carbocycles. The summed E-state index contributed by atoms with van der Waals surface area (Å²) in [6.07, 6.45) is -8.67. The van der Waals surface area contributed by atoms with E-state index in [0.717, 1.165) is 6.07 Å². The van der Waals surface area contributed by atoms with Gasteiger partial charge in [0.2, 0.25) is 0 Å². The summed E-state index contributed by atoms with van der Waals surface area (Å²) in [5.74, 6) is 0. The third-order valence-electron chi connectivity index (χ3n) is 2.02. The highest BCUT2D eigenvalue weighted by Gasteiger charge is 2.36. The average Bonchev–Trinajstić information content (AvgIpc) is 2.27. The Morgan fingerprint density at radius 1 is 1.28 bits per heavy atom. The van der Waals surface area contributed by atoms with E-state index in [0.29, 0.717) is 6.07 Å². The standard InChI is InChI=1S/C10H4F5N3/c11-9(12)8-5(1-2-16)3-6(10(13,14)15)7(4-17)18-8/h3,9H,1H2. The number of halogens is 5. The first kappa shape index (κ1) is 13.8. The summed E-state index contributed by atoms with van der Waals surface area (Å²) < 4.78 is 62.6. The third kappa shape index (κ3) is 2.72. The van der Waals surface area contributed by atoms with E-state index in [4.69, 9.17) is 10.5 Å². The minimum Gasteiger partial charge on any atom is -0.235 e. The van der Waals surface area contributed by atoms with Crippen molar-refractivity contribution in [3.63, 3.8) is 0 Å². The van der Waals surface area contributed by atoms with Crippen molar-refractivity contribution in [3.05, 3.63) is 28.6 Å². The van der Waals surface area contributed by atoms with Gasteiger partial charge in [-0.3, -0.25) is 0 Å². The molecule has 0 spiro atoms. The van der Waals surface area contributed by atoms with Gasteiger partial charge in [-0.15, -0.1) is 0 Å². The predicted octanol–water partition coefficient (Wildman–Crippen LogP) is 2.98. The van der Waals surface area contributed by atoms with Crippen LogP contribution in [0.4, 0.5) is 22.0 Å². The second kappa shape index (κ2) is 4.96. The molecule has 0 radical (unpaired) electrons. The number of aromatic nitrogens is 1. The largest absolute Gasteiger partial charge is 0.419 e. The second-order valence-electron chi connectivity index (χ2n) is 3.17. The van der Waals surface area contributed by atoms with Gasteiger partial charge in [0.1, 0.15) is 11.8 Å². The molecule has 8 heteroatoms. The van der Waals surface area contributed by atoms with Gasteiger partial charge in [0.25, 0.3) is 6.43 Å². The van der Waals surface area contributed by atoms with Crippen molar-refractivity contribution < 1.29 is 22.0 Å². The van der Waals surface area contributed by atoms with Crippen molar-refractivity contribution in [2.45, 2.75) is 19.0 Å². The molecule has 0 saturated heterocycles. The summed E-state index contributed by atoms with van der Waals surface area (Å²) in [5, 5.41) is 16.9. The molecule has 0 saturated carbocycles. The quantitative estimate of drug-likeness (QED) is 0.769. The lowest BCUT2D eigenvalue weighted by Gasteiger charge is -2.12. The molecule has 1 rings (SSSR count). The normalized spacial score (nSPS) is 11.1. The molecule has 0 unspecified atom stereocenters. The lowest BCUT2D eigenvalue weighted by Crippen LogP contribution is -2.13. The SMILES string of the molecule is N#CCc1cc(C(F)(F)F)c(C#N)nc1C(F)F. The van der Waals surface area contributed by atoms with E-state index in [1.54, 1.807) is 0 Å². The van der Waals surface area contributed by atoms with Gasteiger partial charge >= 0.3 is 6.18 Å². The maximum absolute atomic E-state index is 12.5. The Morgan fingerprint density at radius 3 is 2.28 bits per heavy atom. The van der Waals surface area contributed by atoms with E-state index in [1.807, 2.05) is 0 Å². The summed E-state index contributed by atoms with van der Waals surface area (Å²) in [6, 6.07) is 2.96. The maximum Gasteiger partial charge on any atom is 0.419 e. The molecule has 0 fully saturated rings. The predicted molar refractivity (Wildman–Crippen MR) is 48.2 cm³/mol. The van der Waals surface area contributed by atoms with Crippen LogP contribution in [0.15, 0.2) is 6.07 Å². The van der Waals surface area contributed by atoms with Gasteiger partial charge in [-0.05, 0) is 11.6 Å². The number of hydrogen-bond acceptors (Lipinski definition) is 3. The van der Waals surface area contributed by atoms with Crippen molar-refractivity contribution in [2.75, 3.05) is 0 Å². The van der Waals surface area contributed by atoms with Crippen molar-refractivity contribution in [2.24, 2.45) is 0 Å². The Morgan fingerprint density at radius 2 is 1.89 bits per heavy atom. The molecule has 18 heavy (non-hydrogen) atoms. The van der Waals surface area contributed by atoms with Crippen LogP contribution in [0.5, 0.6) is 0 Å². The fourth-order valence-electron chi connectivity index (χ4n) is 1.29. The van der Waals surface area contributed by atoms with E-state index in [-0.39, 0.29) is 0 Å². The second-order valence-corrected chi connectivity index (χ2v) is 3.17. The van der Waals surface area contributed by atoms with Crippen LogP contribution >= 0.6 is 0 Å². The average molecular weight is 261 g/mol. The van der Waals surface area contributed by atoms with E-state index in [2.05, 4.69) is 4.98 Å². The van der Waals surface area contributed by atoms with Crippen LogP contribution in [0.3, 0.4) is 0 Å². The van der Waals surface area contributed by atoms with E-state index < -0.39 is 41.5 Å². The Balaban J connectivity index is 3.54. The highest BCUT2D eigenvalue weighted by Crippen LogP contribution is 2.34. The Hall–Kier alpha value is -2.22. The molecule has 0 aliphatic heterocycles. The molecular formula is C10H4F5N3. The molecular weight excluding hydrogens is 257 g/mol. The molecule has 0 aliphatic rings. The van der Waals surface area contributed by atoms with Gasteiger partial charge in [-0.25, -0.2) is 13.8 Å². The summed E-state index contributed by atoms with van der Waals surface area (Å²) in [7, 11) is 0. The van der Waals surface area contributed by atoms with Gasteiger partial charge < -0.3 is 0 Å². The van der Waals surface area contributed by atoms with E-state index in [9.17, 15) is 22.0 Å². The van der Waals surface area contributed by atoms with Crippen molar-refractivity contribution in [3.8, 4) is 12.1 Å². The molecule has 1 aromatic heterocycles. The number of pyridine rings is 1. The van der Waals surface area contributed by atoms with Gasteiger partial charge in [-0.1, -0.05) is 0 Å². The minimum absolute atomic E-state index is 0.371. The highest BCUT2D eigenvalue weighted by atomic mass is 19.4. The van der Waals surface area contributed by atoms with Gasteiger partial charge in [0, 0.05) is 0 Å².